The third kappa shape index (κ3) is 2.93. The minimum Gasteiger partial charge on any atom is -0.304 e. The molecule has 0 amide bonds. The van der Waals surface area contributed by atoms with Crippen molar-refractivity contribution in [2.45, 2.75) is 19.8 Å². The summed E-state index contributed by atoms with van der Waals surface area (Å²) in [4.78, 5) is 6.99. The van der Waals surface area contributed by atoms with E-state index in [1.807, 2.05) is 0 Å². The van der Waals surface area contributed by atoms with Crippen LogP contribution in [0.4, 0.5) is 0 Å². The maximum atomic E-state index is 4.97. The first kappa shape index (κ1) is 9.71. The van der Waals surface area contributed by atoms with Crippen molar-refractivity contribution in [3.8, 4) is 0 Å². The minimum absolute atomic E-state index is 0.642. The summed E-state index contributed by atoms with van der Waals surface area (Å²) in [6, 6.07) is 0. The van der Waals surface area contributed by atoms with Gasteiger partial charge in [-0.3, -0.25) is 4.90 Å². The highest BCUT2D eigenvalue weighted by Crippen LogP contribution is 2.11. The zero-order valence-corrected chi connectivity index (χ0v) is 7.75. The fourth-order valence-corrected chi connectivity index (χ4v) is 1.52. The van der Waals surface area contributed by atoms with Crippen LogP contribution in [0.15, 0.2) is 11.6 Å². The lowest BCUT2D eigenvalue weighted by molar-refractivity contribution is 0.138. The Labute approximate surface area is 74.1 Å². The Morgan fingerprint density at radius 1 is 1.67 bits per heavy atom. The van der Waals surface area contributed by atoms with Crippen molar-refractivity contribution in [1.82, 2.24) is 4.90 Å². The highest BCUT2D eigenvalue weighted by molar-refractivity contribution is 5.07. The lowest BCUT2D eigenvalue weighted by Crippen LogP contribution is -2.30. The zero-order chi connectivity index (χ0) is 8.81. The molecule has 0 unspecified atom stereocenters. The molecule has 1 rings (SSSR count). The lowest BCUT2D eigenvalue weighted by atomic mass is 10.1. The molecule has 0 aromatic heterocycles. The molecule has 1 aliphatic heterocycles. The van der Waals surface area contributed by atoms with Crippen LogP contribution in [-0.4, -0.2) is 31.1 Å². The molecular formula is C9H18N2O. The molecule has 0 spiro atoms. The summed E-state index contributed by atoms with van der Waals surface area (Å²) in [6.45, 7) is 6.27. The predicted molar refractivity (Wildman–Crippen MR) is 49.6 cm³/mol. The van der Waals surface area contributed by atoms with Gasteiger partial charge in [-0.1, -0.05) is 18.6 Å². The Bertz CT molecular complexity index is 157. The largest absolute Gasteiger partial charge is 0.304 e. The standard InChI is InChI=1S/C9H18N2O/c1-2-11-6-3-4-9(8-11)5-7-12-10/h4H,2-3,5-8,10H2,1H3. The Morgan fingerprint density at radius 2 is 2.50 bits per heavy atom. The summed E-state index contributed by atoms with van der Waals surface area (Å²) < 4.78 is 0. The molecule has 2 N–H and O–H groups in total. The molecule has 0 saturated heterocycles. The van der Waals surface area contributed by atoms with Gasteiger partial charge in [0.1, 0.15) is 0 Å². The van der Waals surface area contributed by atoms with Crippen molar-refractivity contribution in [3.05, 3.63) is 11.6 Å². The molecular weight excluding hydrogens is 152 g/mol. The first-order valence-electron chi connectivity index (χ1n) is 4.58. The SMILES string of the molecule is CCN1CCC=C(CCON)C1. The van der Waals surface area contributed by atoms with E-state index < -0.39 is 0 Å². The number of likely N-dealkylation sites (N-methyl/N-ethyl adjacent to an activating group) is 1. The van der Waals surface area contributed by atoms with Crippen LogP contribution in [0.5, 0.6) is 0 Å². The molecule has 12 heavy (non-hydrogen) atoms. The van der Waals surface area contributed by atoms with Crippen molar-refractivity contribution in [1.29, 1.82) is 0 Å². The summed E-state index contributed by atoms with van der Waals surface area (Å²) in [5, 5.41) is 0. The summed E-state index contributed by atoms with van der Waals surface area (Å²) in [7, 11) is 0. The Morgan fingerprint density at radius 3 is 3.17 bits per heavy atom. The highest BCUT2D eigenvalue weighted by atomic mass is 16.6. The van der Waals surface area contributed by atoms with E-state index in [-0.39, 0.29) is 0 Å². The van der Waals surface area contributed by atoms with Crippen molar-refractivity contribution in [2.75, 3.05) is 26.2 Å². The van der Waals surface area contributed by atoms with Crippen LogP contribution in [0.1, 0.15) is 19.8 Å². The van der Waals surface area contributed by atoms with Crippen LogP contribution in [0, 0.1) is 0 Å². The molecule has 0 radical (unpaired) electrons. The van der Waals surface area contributed by atoms with Gasteiger partial charge in [0.2, 0.25) is 0 Å². The van der Waals surface area contributed by atoms with E-state index in [0.717, 1.165) is 19.5 Å². The molecule has 0 atom stereocenters. The molecule has 0 fully saturated rings. The molecule has 1 heterocycles. The second-order valence-electron chi connectivity index (χ2n) is 3.14. The first-order chi connectivity index (χ1) is 5.86. The third-order valence-corrected chi connectivity index (χ3v) is 2.29. The summed E-state index contributed by atoms with van der Waals surface area (Å²) in [5.41, 5.74) is 1.47. The Hall–Kier alpha value is -0.380. The first-order valence-corrected chi connectivity index (χ1v) is 4.58. The molecule has 0 aliphatic carbocycles. The van der Waals surface area contributed by atoms with Crippen molar-refractivity contribution in [2.24, 2.45) is 5.90 Å². The molecule has 1 aliphatic rings. The van der Waals surface area contributed by atoms with Gasteiger partial charge in [-0.15, -0.1) is 0 Å². The van der Waals surface area contributed by atoms with Gasteiger partial charge < -0.3 is 4.84 Å². The van der Waals surface area contributed by atoms with E-state index in [0.29, 0.717) is 6.61 Å². The Kier molecular flexibility index (Phi) is 4.29. The molecule has 3 heteroatoms. The van der Waals surface area contributed by atoms with Crippen LogP contribution in [0.3, 0.4) is 0 Å². The number of nitrogens with two attached hydrogens (primary N) is 1. The predicted octanol–water partition coefficient (Wildman–Crippen LogP) is 0.919. The molecule has 0 aromatic rings. The van der Waals surface area contributed by atoms with Crippen molar-refractivity contribution in [3.63, 3.8) is 0 Å². The molecule has 3 nitrogen and oxygen atoms in total. The van der Waals surface area contributed by atoms with Gasteiger partial charge in [0.05, 0.1) is 6.61 Å². The zero-order valence-electron chi connectivity index (χ0n) is 7.75. The average molecular weight is 170 g/mol. The van der Waals surface area contributed by atoms with E-state index in [4.69, 9.17) is 5.90 Å². The van der Waals surface area contributed by atoms with Gasteiger partial charge in [-0.05, 0) is 19.4 Å². The van der Waals surface area contributed by atoms with Crippen molar-refractivity contribution >= 4 is 0 Å². The number of rotatable bonds is 4. The van der Waals surface area contributed by atoms with Gasteiger partial charge in [0.25, 0.3) is 0 Å². The second-order valence-corrected chi connectivity index (χ2v) is 3.14. The molecule has 0 aromatic carbocycles. The van der Waals surface area contributed by atoms with Gasteiger partial charge in [-0.2, -0.15) is 0 Å². The summed E-state index contributed by atoms with van der Waals surface area (Å²) >= 11 is 0. The van der Waals surface area contributed by atoms with E-state index in [2.05, 4.69) is 22.7 Å². The van der Waals surface area contributed by atoms with Gasteiger partial charge in [0, 0.05) is 13.1 Å². The minimum atomic E-state index is 0.642. The van der Waals surface area contributed by atoms with Crippen LogP contribution < -0.4 is 5.90 Å². The molecule has 70 valence electrons. The maximum Gasteiger partial charge on any atom is 0.0716 e. The lowest BCUT2D eigenvalue weighted by Gasteiger charge is -2.25. The summed E-state index contributed by atoms with van der Waals surface area (Å²) in [6.07, 6.45) is 4.46. The fourth-order valence-electron chi connectivity index (χ4n) is 1.52. The van der Waals surface area contributed by atoms with Crippen LogP contribution in [-0.2, 0) is 4.84 Å². The smallest absolute Gasteiger partial charge is 0.0716 e. The second kappa shape index (κ2) is 5.30. The van der Waals surface area contributed by atoms with Crippen LogP contribution in [0.2, 0.25) is 0 Å². The van der Waals surface area contributed by atoms with Crippen LogP contribution in [0.25, 0.3) is 0 Å². The van der Waals surface area contributed by atoms with E-state index in [1.54, 1.807) is 0 Å². The molecule has 0 saturated carbocycles. The van der Waals surface area contributed by atoms with E-state index in [9.17, 15) is 0 Å². The quantitative estimate of drug-likeness (QED) is 0.503. The van der Waals surface area contributed by atoms with E-state index in [1.165, 1.54) is 18.5 Å². The summed E-state index contributed by atoms with van der Waals surface area (Å²) in [5.74, 6) is 4.97. The van der Waals surface area contributed by atoms with Gasteiger partial charge in [-0.25, -0.2) is 5.90 Å². The molecule has 0 bridgehead atoms. The van der Waals surface area contributed by atoms with Gasteiger partial charge in [0.15, 0.2) is 0 Å². The van der Waals surface area contributed by atoms with E-state index >= 15 is 0 Å². The highest BCUT2D eigenvalue weighted by Gasteiger charge is 2.09. The van der Waals surface area contributed by atoms with Crippen LogP contribution >= 0.6 is 0 Å². The van der Waals surface area contributed by atoms with Gasteiger partial charge >= 0.3 is 0 Å². The third-order valence-electron chi connectivity index (χ3n) is 2.29. The fraction of sp³-hybridized carbons (Fsp3) is 0.778. The average Bonchev–Trinajstić information content (AvgIpc) is 2.15. The van der Waals surface area contributed by atoms with Crippen molar-refractivity contribution < 1.29 is 4.84 Å². The number of hydrogen-bond acceptors (Lipinski definition) is 3. The maximum absolute atomic E-state index is 4.97. The normalized spacial score (nSPS) is 19.3. The Balaban J connectivity index is 2.28. The number of hydrogen-bond donors (Lipinski definition) is 1. The monoisotopic (exact) mass is 170 g/mol. The number of nitrogens with zero attached hydrogens (tertiary/aromatic N) is 1. The topological polar surface area (TPSA) is 38.5 Å².